The fourth-order valence-electron chi connectivity index (χ4n) is 4.47. The van der Waals surface area contributed by atoms with Crippen molar-refractivity contribution in [3.63, 3.8) is 0 Å². The SMILES string of the molecule is CC(C)(C)OC(=O)N[C@@H](Cc1ccccc1)[C@H](CCl)OC(=O)c1ccc([N+](=O)[O-])cc1.CC(C)(C)OC(=O)N[C@@H](Cc1ccccc1)[C@H](O)CCl. The summed E-state index contributed by atoms with van der Waals surface area (Å²) in [5.74, 6) is -0.733. The smallest absolute Gasteiger partial charge is 0.408 e. The molecule has 3 aromatic carbocycles. The van der Waals surface area contributed by atoms with E-state index in [2.05, 4.69) is 10.6 Å². The summed E-state index contributed by atoms with van der Waals surface area (Å²) in [4.78, 5) is 47.0. The zero-order valence-electron chi connectivity index (χ0n) is 29.6. The van der Waals surface area contributed by atoms with Crippen LogP contribution in [0.4, 0.5) is 15.3 Å². The first-order valence-electron chi connectivity index (χ1n) is 16.2. The molecule has 0 saturated carbocycles. The third-order valence-electron chi connectivity index (χ3n) is 6.80. The Morgan fingerprint density at radius 2 is 1.16 bits per heavy atom. The molecular formula is C37H47Cl2N3O9. The number of hydrogen-bond donors (Lipinski definition) is 3. The Kier molecular flexibility index (Phi) is 17.2. The van der Waals surface area contributed by atoms with Crippen LogP contribution in [0.3, 0.4) is 0 Å². The normalized spacial score (nSPS) is 13.6. The van der Waals surface area contributed by atoms with Crippen molar-refractivity contribution in [2.45, 2.75) is 89.9 Å². The quantitative estimate of drug-likeness (QED) is 0.0538. The maximum atomic E-state index is 12.6. The van der Waals surface area contributed by atoms with Crippen LogP contribution in [0.1, 0.15) is 63.0 Å². The Balaban J connectivity index is 0.000000389. The first-order valence-corrected chi connectivity index (χ1v) is 17.3. The number of amides is 2. The van der Waals surface area contributed by atoms with E-state index in [1.54, 1.807) is 41.5 Å². The van der Waals surface area contributed by atoms with Crippen molar-refractivity contribution in [2.75, 3.05) is 11.8 Å². The molecule has 0 radical (unpaired) electrons. The summed E-state index contributed by atoms with van der Waals surface area (Å²) < 4.78 is 16.1. The summed E-state index contributed by atoms with van der Waals surface area (Å²) in [6.45, 7) is 10.6. The molecule has 0 unspecified atom stereocenters. The summed E-state index contributed by atoms with van der Waals surface area (Å²) in [5.41, 5.74) is 0.638. The minimum absolute atomic E-state index is 0.0489. The van der Waals surface area contributed by atoms with Crippen molar-refractivity contribution in [1.82, 2.24) is 10.6 Å². The number of nitrogens with one attached hydrogen (secondary N) is 2. The number of aliphatic hydroxyl groups is 1. The molecule has 2 amide bonds. The molecule has 0 fully saturated rings. The van der Waals surface area contributed by atoms with Gasteiger partial charge in [0.15, 0.2) is 0 Å². The first-order chi connectivity index (χ1) is 23.9. The highest BCUT2D eigenvalue weighted by molar-refractivity contribution is 6.18. The minimum Gasteiger partial charge on any atom is -0.455 e. The van der Waals surface area contributed by atoms with Gasteiger partial charge < -0.3 is 30.0 Å². The number of nitro benzene ring substituents is 1. The molecule has 3 N–H and O–H groups in total. The number of aliphatic hydroxyl groups excluding tert-OH is 1. The van der Waals surface area contributed by atoms with Crippen LogP contribution in [-0.2, 0) is 27.1 Å². The van der Waals surface area contributed by atoms with E-state index in [9.17, 15) is 29.6 Å². The average Bonchev–Trinajstić information content (AvgIpc) is 3.05. The number of benzene rings is 3. The van der Waals surface area contributed by atoms with Gasteiger partial charge in [-0.1, -0.05) is 60.7 Å². The average molecular weight is 749 g/mol. The largest absolute Gasteiger partial charge is 0.455 e. The van der Waals surface area contributed by atoms with Gasteiger partial charge in [0.25, 0.3) is 5.69 Å². The zero-order valence-corrected chi connectivity index (χ0v) is 31.1. The monoisotopic (exact) mass is 747 g/mol. The summed E-state index contributed by atoms with van der Waals surface area (Å²) in [6.07, 6.45) is -2.06. The predicted octanol–water partition coefficient (Wildman–Crippen LogP) is 7.22. The van der Waals surface area contributed by atoms with Gasteiger partial charge in [0.2, 0.25) is 0 Å². The van der Waals surface area contributed by atoms with Crippen LogP contribution in [-0.4, -0.2) is 75.4 Å². The highest BCUT2D eigenvalue weighted by atomic mass is 35.5. The van der Waals surface area contributed by atoms with Gasteiger partial charge in [0, 0.05) is 12.1 Å². The van der Waals surface area contributed by atoms with Crippen molar-refractivity contribution in [1.29, 1.82) is 0 Å². The van der Waals surface area contributed by atoms with Gasteiger partial charge in [-0.15, -0.1) is 23.2 Å². The van der Waals surface area contributed by atoms with Crippen LogP contribution in [0.15, 0.2) is 84.9 Å². The molecule has 3 aromatic rings. The molecule has 14 heteroatoms. The van der Waals surface area contributed by atoms with Crippen molar-refractivity contribution < 1.29 is 38.6 Å². The van der Waals surface area contributed by atoms with Gasteiger partial charge in [0.05, 0.1) is 40.4 Å². The van der Waals surface area contributed by atoms with Crippen molar-refractivity contribution in [2.24, 2.45) is 0 Å². The van der Waals surface area contributed by atoms with Gasteiger partial charge in [-0.05, 0) is 77.6 Å². The molecule has 51 heavy (non-hydrogen) atoms. The lowest BCUT2D eigenvalue weighted by molar-refractivity contribution is -0.384. The number of alkyl carbamates (subject to hydrolysis) is 2. The second-order valence-electron chi connectivity index (χ2n) is 13.5. The van der Waals surface area contributed by atoms with E-state index in [1.165, 1.54) is 24.3 Å². The Bertz CT molecular complexity index is 1530. The Morgan fingerprint density at radius 3 is 1.55 bits per heavy atom. The molecule has 0 bridgehead atoms. The molecule has 0 aliphatic carbocycles. The van der Waals surface area contributed by atoms with Crippen LogP contribution >= 0.6 is 23.2 Å². The van der Waals surface area contributed by atoms with E-state index in [-0.39, 0.29) is 23.0 Å². The van der Waals surface area contributed by atoms with Crippen LogP contribution in [0.5, 0.6) is 0 Å². The molecule has 3 rings (SSSR count). The maximum Gasteiger partial charge on any atom is 0.408 e. The van der Waals surface area contributed by atoms with Crippen LogP contribution in [0.25, 0.3) is 0 Å². The van der Waals surface area contributed by atoms with Crippen molar-refractivity contribution in [3.8, 4) is 0 Å². The number of halogens is 2. The van der Waals surface area contributed by atoms with Crippen molar-refractivity contribution >= 4 is 47.0 Å². The van der Waals surface area contributed by atoms with E-state index in [1.807, 2.05) is 60.7 Å². The summed E-state index contributed by atoms with van der Waals surface area (Å²) >= 11 is 11.8. The van der Waals surface area contributed by atoms with E-state index >= 15 is 0 Å². The Labute approximate surface area is 308 Å². The molecule has 4 atom stereocenters. The fraction of sp³-hybridized carbons (Fsp3) is 0.432. The molecule has 0 aliphatic rings. The fourth-order valence-corrected chi connectivity index (χ4v) is 4.96. The van der Waals surface area contributed by atoms with Crippen LogP contribution in [0, 0.1) is 10.1 Å². The second-order valence-corrected chi connectivity index (χ2v) is 14.1. The summed E-state index contributed by atoms with van der Waals surface area (Å²) in [6, 6.07) is 22.9. The molecule has 0 spiro atoms. The number of nitrogens with zero attached hydrogens (tertiary/aromatic N) is 1. The maximum absolute atomic E-state index is 12.6. The van der Waals surface area contributed by atoms with E-state index in [0.29, 0.717) is 12.8 Å². The van der Waals surface area contributed by atoms with E-state index in [4.69, 9.17) is 37.4 Å². The lowest BCUT2D eigenvalue weighted by Crippen LogP contribution is -2.49. The summed E-state index contributed by atoms with van der Waals surface area (Å²) in [7, 11) is 0. The molecule has 0 saturated heterocycles. The molecular weight excluding hydrogens is 701 g/mol. The Hall–Kier alpha value is -4.39. The summed E-state index contributed by atoms with van der Waals surface area (Å²) in [5, 5.41) is 26.1. The number of carbonyl (C=O) groups is 3. The predicted molar refractivity (Wildman–Crippen MR) is 196 cm³/mol. The van der Waals surface area contributed by atoms with Gasteiger partial charge in [0.1, 0.15) is 17.3 Å². The molecule has 0 aromatic heterocycles. The molecule has 12 nitrogen and oxygen atoms in total. The number of rotatable bonds is 13. The topological polar surface area (TPSA) is 166 Å². The standard InChI is InChI=1S/C22H25ClN2O6.C15H22ClNO3/c1-22(2,3)31-21(27)24-18(13-15-7-5-4-6-8-15)19(14-23)30-20(26)16-9-11-17(12-10-16)25(28)29;1-15(2,3)20-14(19)17-12(13(18)10-16)9-11-7-5-4-6-8-11/h4-12,18-19H,13-14H2,1-3H3,(H,24,27);4-8,12-13,18H,9-10H2,1-3H3,(H,17,19)/t18-,19-;12-,13+/m00/s1. The first kappa shape index (κ1) is 42.8. The molecule has 278 valence electrons. The van der Waals surface area contributed by atoms with Gasteiger partial charge in [-0.3, -0.25) is 10.1 Å². The number of hydrogen-bond acceptors (Lipinski definition) is 9. The van der Waals surface area contributed by atoms with E-state index < -0.39 is 58.6 Å². The number of esters is 1. The number of alkyl halides is 2. The van der Waals surface area contributed by atoms with Crippen molar-refractivity contribution in [3.05, 3.63) is 112 Å². The highest BCUT2D eigenvalue weighted by Crippen LogP contribution is 2.17. The van der Waals surface area contributed by atoms with Crippen LogP contribution < -0.4 is 10.6 Å². The second kappa shape index (κ2) is 20.5. The third-order valence-corrected chi connectivity index (χ3v) is 7.42. The zero-order chi connectivity index (χ0) is 38.2. The van der Waals surface area contributed by atoms with Gasteiger partial charge in [-0.25, -0.2) is 14.4 Å². The number of ether oxygens (including phenoxy) is 3. The highest BCUT2D eigenvalue weighted by Gasteiger charge is 2.29. The number of nitro groups is 1. The molecule has 0 aliphatic heterocycles. The van der Waals surface area contributed by atoms with Gasteiger partial charge >= 0.3 is 18.2 Å². The third kappa shape index (κ3) is 16.9. The van der Waals surface area contributed by atoms with E-state index in [0.717, 1.165) is 11.1 Å². The minimum atomic E-state index is -0.864. The van der Waals surface area contributed by atoms with Gasteiger partial charge in [-0.2, -0.15) is 0 Å². The molecule has 0 heterocycles. The number of carbonyl (C=O) groups excluding carboxylic acids is 3. The lowest BCUT2D eigenvalue weighted by Gasteiger charge is -2.28. The Morgan fingerprint density at radius 1 is 0.725 bits per heavy atom. The lowest BCUT2D eigenvalue weighted by atomic mass is 10.0. The van der Waals surface area contributed by atoms with Crippen LogP contribution in [0.2, 0.25) is 0 Å². The number of non-ortho nitro benzene ring substituents is 1.